The van der Waals surface area contributed by atoms with E-state index in [1.807, 2.05) is 0 Å². The normalized spacial score (nSPS) is 42.0. The van der Waals surface area contributed by atoms with Crippen molar-refractivity contribution >= 4 is 0 Å². The van der Waals surface area contributed by atoms with Crippen LogP contribution in [0.1, 0.15) is 85.5 Å². The predicted molar refractivity (Wildman–Crippen MR) is 86.8 cm³/mol. The van der Waals surface area contributed by atoms with Gasteiger partial charge in [0.1, 0.15) is 0 Å². The number of fused-ring (bicyclic) bond motifs is 2. The van der Waals surface area contributed by atoms with E-state index in [-0.39, 0.29) is 0 Å². The minimum atomic E-state index is 0.509. The van der Waals surface area contributed by atoms with Gasteiger partial charge in [0, 0.05) is 12.1 Å². The topological polar surface area (TPSA) is 12.0 Å². The maximum Gasteiger partial charge on any atom is 0.0177 e. The highest BCUT2D eigenvalue weighted by molar-refractivity contribution is 5.12. The van der Waals surface area contributed by atoms with E-state index in [9.17, 15) is 0 Å². The molecule has 0 heterocycles. The fourth-order valence-electron chi connectivity index (χ4n) is 6.06. The van der Waals surface area contributed by atoms with E-state index in [0.717, 1.165) is 23.9 Å². The summed E-state index contributed by atoms with van der Waals surface area (Å²) < 4.78 is 0. The van der Waals surface area contributed by atoms with E-state index in [0.29, 0.717) is 10.8 Å². The van der Waals surface area contributed by atoms with Crippen molar-refractivity contribution < 1.29 is 0 Å². The van der Waals surface area contributed by atoms with Crippen LogP contribution in [0.15, 0.2) is 0 Å². The zero-order valence-electron chi connectivity index (χ0n) is 14.2. The summed E-state index contributed by atoms with van der Waals surface area (Å²) in [5.41, 5.74) is 1.09. The molecule has 3 saturated carbocycles. The lowest BCUT2D eigenvalue weighted by Gasteiger charge is -2.46. The molecule has 4 atom stereocenters. The summed E-state index contributed by atoms with van der Waals surface area (Å²) in [5.74, 6) is 1.92. The maximum atomic E-state index is 4.20. The molecule has 0 aromatic heterocycles. The van der Waals surface area contributed by atoms with Gasteiger partial charge in [-0.3, -0.25) is 0 Å². The molecule has 3 rings (SSSR count). The molecule has 20 heavy (non-hydrogen) atoms. The van der Waals surface area contributed by atoms with Crippen molar-refractivity contribution in [3.05, 3.63) is 0 Å². The minimum absolute atomic E-state index is 0.509. The van der Waals surface area contributed by atoms with Crippen LogP contribution < -0.4 is 5.32 Å². The van der Waals surface area contributed by atoms with Crippen LogP contribution >= 0.6 is 0 Å². The van der Waals surface area contributed by atoms with E-state index in [1.165, 1.54) is 57.8 Å². The number of hydrogen-bond donors (Lipinski definition) is 1. The van der Waals surface area contributed by atoms with Crippen LogP contribution in [-0.2, 0) is 0 Å². The van der Waals surface area contributed by atoms with Gasteiger partial charge in [0.25, 0.3) is 0 Å². The lowest BCUT2D eigenvalue weighted by molar-refractivity contribution is 0.0833. The van der Waals surface area contributed by atoms with Gasteiger partial charge in [-0.05, 0) is 61.2 Å². The molecule has 0 radical (unpaired) electrons. The zero-order valence-corrected chi connectivity index (χ0v) is 14.2. The third kappa shape index (κ3) is 2.34. The van der Waals surface area contributed by atoms with Gasteiger partial charge in [0.2, 0.25) is 0 Å². The summed E-state index contributed by atoms with van der Waals surface area (Å²) in [6.45, 7) is 10.0. The lowest BCUT2D eigenvalue weighted by atomic mass is 9.67. The molecule has 2 unspecified atom stereocenters. The molecule has 1 nitrogen and oxygen atoms in total. The van der Waals surface area contributed by atoms with Gasteiger partial charge < -0.3 is 5.32 Å². The Kier molecular flexibility index (Phi) is 3.95. The monoisotopic (exact) mass is 277 g/mol. The molecule has 1 N–H and O–H groups in total. The highest BCUT2D eigenvalue weighted by Crippen LogP contribution is 2.62. The molecule has 0 aliphatic heterocycles. The Balaban J connectivity index is 1.71. The standard InChI is InChI=1S/C19H35N/c1-5-16(14-9-7-6-8-10-14)20-17-18(2,3)15-11-12-19(17,4)13-15/h14-17,20H,5-13H2,1-4H3/t15-,16?,17?,19+/m0/s1. The second-order valence-electron chi connectivity index (χ2n) is 8.93. The molecule has 0 aromatic rings. The van der Waals surface area contributed by atoms with E-state index >= 15 is 0 Å². The van der Waals surface area contributed by atoms with Gasteiger partial charge in [-0.15, -0.1) is 0 Å². The summed E-state index contributed by atoms with van der Waals surface area (Å²) in [6, 6.07) is 1.52. The Morgan fingerprint density at radius 1 is 1.05 bits per heavy atom. The molecule has 2 bridgehead atoms. The smallest absolute Gasteiger partial charge is 0.0177 e. The van der Waals surface area contributed by atoms with Gasteiger partial charge in [-0.25, -0.2) is 0 Å². The summed E-state index contributed by atoms with van der Waals surface area (Å²) in [7, 11) is 0. The van der Waals surface area contributed by atoms with E-state index in [1.54, 1.807) is 0 Å². The quantitative estimate of drug-likeness (QED) is 0.749. The van der Waals surface area contributed by atoms with Crippen LogP contribution in [0, 0.1) is 22.7 Å². The van der Waals surface area contributed by atoms with Crippen molar-refractivity contribution in [2.24, 2.45) is 22.7 Å². The number of hydrogen-bond acceptors (Lipinski definition) is 1. The first-order valence-corrected chi connectivity index (χ1v) is 9.23. The van der Waals surface area contributed by atoms with Crippen LogP contribution in [0.2, 0.25) is 0 Å². The van der Waals surface area contributed by atoms with E-state index < -0.39 is 0 Å². The molecule has 0 spiro atoms. The highest BCUT2D eigenvalue weighted by atomic mass is 15.0. The second kappa shape index (κ2) is 5.30. The molecule has 0 aromatic carbocycles. The van der Waals surface area contributed by atoms with Crippen molar-refractivity contribution in [1.82, 2.24) is 5.32 Å². The average Bonchev–Trinajstić information content (AvgIpc) is 2.91. The Morgan fingerprint density at radius 2 is 1.75 bits per heavy atom. The van der Waals surface area contributed by atoms with Crippen LogP contribution in [0.5, 0.6) is 0 Å². The second-order valence-corrected chi connectivity index (χ2v) is 8.93. The van der Waals surface area contributed by atoms with Gasteiger partial charge in [0.05, 0.1) is 0 Å². The van der Waals surface area contributed by atoms with Crippen molar-refractivity contribution in [2.75, 3.05) is 0 Å². The van der Waals surface area contributed by atoms with Crippen LogP contribution in [0.3, 0.4) is 0 Å². The largest absolute Gasteiger partial charge is 0.310 e. The third-order valence-corrected chi connectivity index (χ3v) is 7.31. The van der Waals surface area contributed by atoms with Crippen LogP contribution in [-0.4, -0.2) is 12.1 Å². The summed E-state index contributed by atoms with van der Waals surface area (Å²) >= 11 is 0. The minimum Gasteiger partial charge on any atom is -0.310 e. The first-order chi connectivity index (χ1) is 9.47. The molecular formula is C19H35N. The third-order valence-electron chi connectivity index (χ3n) is 7.31. The van der Waals surface area contributed by atoms with Crippen molar-refractivity contribution in [1.29, 1.82) is 0 Å². The molecule has 1 heteroatoms. The molecule has 0 saturated heterocycles. The SMILES string of the molecule is CCC(NC1C(C)(C)[C@H]2CC[C@]1(C)C2)C1CCCCC1. The van der Waals surface area contributed by atoms with Gasteiger partial charge in [-0.2, -0.15) is 0 Å². The Morgan fingerprint density at radius 3 is 2.30 bits per heavy atom. The fraction of sp³-hybridized carbons (Fsp3) is 1.00. The summed E-state index contributed by atoms with van der Waals surface area (Å²) in [6.07, 6.45) is 13.1. The number of rotatable bonds is 4. The average molecular weight is 277 g/mol. The Hall–Kier alpha value is -0.0400. The number of nitrogens with one attached hydrogen (secondary N) is 1. The van der Waals surface area contributed by atoms with Crippen molar-refractivity contribution in [3.63, 3.8) is 0 Å². The predicted octanol–water partition coefficient (Wildman–Crippen LogP) is 5.15. The molecular weight excluding hydrogens is 242 g/mol. The first kappa shape index (κ1) is 14.9. The Labute approximate surface area is 126 Å². The van der Waals surface area contributed by atoms with E-state index in [4.69, 9.17) is 0 Å². The zero-order chi connectivity index (χ0) is 14.4. The summed E-state index contributed by atoms with van der Waals surface area (Å²) in [5, 5.41) is 4.20. The van der Waals surface area contributed by atoms with Crippen molar-refractivity contribution in [3.8, 4) is 0 Å². The van der Waals surface area contributed by atoms with E-state index in [2.05, 4.69) is 33.0 Å². The van der Waals surface area contributed by atoms with Gasteiger partial charge in [0.15, 0.2) is 0 Å². The van der Waals surface area contributed by atoms with Gasteiger partial charge in [-0.1, -0.05) is 47.0 Å². The molecule has 3 fully saturated rings. The molecule has 0 amide bonds. The Bertz CT molecular complexity index is 337. The fourth-order valence-corrected chi connectivity index (χ4v) is 6.06. The van der Waals surface area contributed by atoms with Crippen molar-refractivity contribution in [2.45, 2.75) is 97.6 Å². The molecule has 3 aliphatic rings. The lowest BCUT2D eigenvalue weighted by Crippen LogP contribution is -2.55. The summed E-state index contributed by atoms with van der Waals surface area (Å²) in [4.78, 5) is 0. The highest BCUT2D eigenvalue weighted by Gasteiger charge is 2.59. The molecule has 3 aliphatic carbocycles. The van der Waals surface area contributed by atoms with Crippen LogP contribution in [0.25, 0.3) is 0 Å². The maximum absolute atomic E-state index is 4.20. The van der Waals surface area contributed by atoms with Gasteiger partial charge >= 0.3 is 0 Å². The molecule has 116 valence electrons. The van der Waals surface area contributed by atoms with Crippen LogP contribution in [0.4, 0.5) is 0 Å². The first-order valence-electron chi connectivity index (χ1n) is 9.23.